The average molecular weight is 281 g/mol. The number of nitro groups is 1. The van der Waals surface area contributed by atoms with Crippen LogP contribution in [0.25, 0.3) is 0 Å². The summed E-state index contributed by atoms with van der Waals surface area (Å²) in [6.07, 6.45) is 1.79. The minimum atomic E-state index is -0.579. The number of rotatable bonds is 5. The van der Waals surface area contributed by atoms with E-state index in [2.05, 4.69) is 5.10 Å². The van der Waals surface area contributed by atoms with Gasteiger partial charge < -0.3 is 4.74 Å². The van der Waals surface area contributed by atoms with Crippen LogP contribution in [0, 0.1) is 10.1 Å². The third-order valence-electron chi connectivity index (χ3n) is 2.34. The Kier molecular flexibility index (Phi) is 3.91. The van der Waals surface area contributed by atoms with E-state index in [-0.39, 0.29) is 16.5 Å². The molecule has 100 valence electrons. The molecule has 0 fully saturated rings. The monoisotopic (exact) mass is 281 g/mol. The van der Waals surface area contributed by atoms with Crippen molar-refractivity contribution in [3.05, 3.63) is 45.1 Å². The zero-order valence-electron chi connectivity index (χ0n) is 10.1. The summed E-state index contributed by atoms with van der Waals surface area (Å²) in [6, 6.07) is 4.43. The van der Waals surface area contributed by atoms with Crippen LogP contribution in [-0.2, 0) is 17.9 Å². The second-order valence-corrected chi connectivity index (χ2v) is 4.70. The Labute approximate surface area is 112 Å². The molecule has 2 aromatic heterocycles. The Hall–Kier alpha value is -2.22. The average Bonchev–Trinajstić information content (AvgIpc) is 3.04. The maximum Gasteiger partial charge on any atom is 0.348 e. The highest BCUT2D eigenvalue weighted by molar-refractivity contribution is 7.17. The van der Waals surface area contributed by atoms with E-state index < -0.39 is 10.9 Å². The zero-order chi connectivity index (χ0) is 13.8. The first-order chi connectivity index (χ1) is 9.10. The Morgan fingerprint density at radius 3 is 2.89 bits per heavy atom. The van der Waals surface area contributed by atoms with Gasteiger partial charge in [-0.1, -0.05) is 11.3 Å². The Balaban J connectivity index is 1.95. The molecule has 7 nitrogen and oxygen atoms in total. The molecule has 0 aliphatic heterocycles. The maximum atomic E-state index is 11.7. The van der Waals surface area contributed by atoms with Crippen molar-refractivity contribution in [2.24, 2.45) is 0 Å². The lowest BCUT2D eigenvalue weighted by atomic mass is 10.4. The number of nitrogens with zero attached hydrogens (tertiary/aromatic N) is 3. The fourth-order valence-corrected chi connectivity index (χ4v) is 2.12. The Bertz CT molecular complexity index is 605. The van der Waals surface area contributed by atoms with Gasteiger partial charge in [-0.2, -0.15) is 5.10 Å². The number of carbonyl (C=O) groups excluding carboxylic acids is 1. The fraction of sp³-hybridized carbons (Fsp3) is 0.273. The molecule has 2 heterocycles. The van der Waals surface area contributed by atoms with Crippen molar-refractivity contribution in [1.29, 1.82) is 0 Å². The molecule has 0 saturated carbocycles. The first-order valence-electron chi connectivity index (χ1n) is 5.54. The topological polar surface area (TPSA) is 87.3 Å². The van der Waals surface area contributed by atoms with Crippen LogP contribution in [0.4, 0.5) is 5.00 Å². The van der Waals surface area contributed by atoms with E-state index in [1.54, 1.807) is 16.9 Å². The van der Waals surface area contributed by atoms with Crippen LogP contribution in [0.5, 0.6) is 0 Å². The Morgan fingerprint density at radius 1 is 1.53 bits per heavy atom. The summed E-state index contributed by atoms with van der Waals surface area (Å²) in [4.78, 5) is 21.8. The van der Waals surface area contributed by atoms with Gasteiger partial charge in [0.15, 0.2) is 0 Å². The third-order valence-corrected chi connectivity index (χ3v) is 3.36. The van der Waals surface area contributed by atoms with E-state index in [0.29, 0.717) is 5.69 Å². The molecule has 8 heteroatoms. The number of hydrogen-bond acceptors (Lipinski definition) is 6. The molecular weight excluding hydrogens is 270 g/mol. The van der Waals surface area contributed by atoms with Gasteiger partial charge in [0.2, 0.25) is 0 Å². The highest BCUT2D eigenvalue weighted by Crippen LogP contribution is 2.24. The number of aromatic nitrogens is 2. The molecule has 0 aromatic carbocycles. The van der Waals surface area contributed by atoms with Crippen molar-refractivity contribution in [3.63, 3.8) is 0 Å². The number of aryl methyl sites for hydroxylation is 1. The van der Waals surface area contributed by atoms with Gasteiger partial charge >= 0.3 is 11.0 Å². The first kappa shape index (κ1) is 13.2. The summed E-state index contributed by atoms with van der Waals surface area (Å²) < 4.78 is 6.76. The second kappa shape index (κ2) is 5.61. The molecule has 0 amide bonds. The minimum absolute atomic E-state index is 0.0531. The summed E-state index contributed by atoms with van der Waals surface area (Å²) in [6.45, 7) is 2.75. The number of ether oxygens (including phenoxy) is 1. The van der Waals surface area contributed by atoms with E-state index in [9.17, 15) is 14.9 Å². The van der Waals surface area contributed by atoms with Gasteiger partial charge in [0, 0.05) is 18.8 Å². The largest absolute Gasteiger partial charge is 0.455 e. The first-order valence-corrected chi connectivity index (χ1v) is 6.35. The van der Waals surface area contributed by atoms with Crippen molar-refractivity contribution in [2.75, 3.05) is 0 Å². The van der Waals surface area contributed by atoms with E-state index >= 15 is 0 Å². The molecule has 19 heavy (non-hydrogen) atoms. The predicted molar refractivity (Wildman–Crippen MR) is 68.0 cm³/mol. The van der Waals surface area contributed by atoms with Crippen LogP contribution in [0.2, 0.25) is 0 Å². The number of esters is 1. The molecule has 0 unspecified atom stereocenters. The van der Waals surface area contributed by atoms with Gasteiger partial charge in [-0.3, -0.25) is 14.8 Å². The lowest BCUT2D eigenvalue weighted by Crippen LogP contribution is -2.04. The number of carbonyl (C=O) groups is 1. The lowest BCUT2D eigenvalue weighted by molar-refractivity contribution is -0.380. The molecule has 0 saturated heterocycles. The summed E-state index contributed by atoms with van der Waals surface area (Å²) in [5.41, 5.74) is 0.640. The van der Waals surface area contributed by atoms with E-state index in [4.69, 9.17) is 4.74 Å². The number of thiophene rings is 1. The molecular formula is C11H11N3O4S. The SMILES string of the molecule is CCn1ccc(COC(=O)c2ccc([N+](=O)[O-])s2)n1. The molecule has 0 bridgehead atoms. The van der Waals surface area contributed by atoms with E-state index in [1.165, 1.54) is 12.1 Å². The quantitative estimate of drug-likeness (QED) is 0.476. The molecule has 0 N–H and O–H groups in total. The maximum absolute atomic E-state index is 11.7. The van der Waals surface area contributed by atoms with Gasteiger partial charge in [-0.05, 0) is 19.1 Å². The second-order valence-electron chi connectivity index (χ2n) is 3.63. The molecule has 0 atom stereocenters. The van der Waals surface area contributed by atoms with Crippen molar-refractivity contribution in [3.8, 4) is 0 Å². The summed E-state index contributed by atoms with van der Waals surface area (Å²) in [5, 5.41) is 14.6. The number of hydrogen-bond donors (Lipinski definition) is 0. The van der Waals surface area contributed by atoms with Crippen LogP contribution in [0.1, 0.15) is 22.3 Å². The van der Waals surface area contributed by atoms with Crippen molar-refractivity contribution < 1.29 is 14.5 Å². The van der Waals surface area contributed by atoms with E-state index in [0.717, 1.165) is 17.9 Å². The molecule has 0 aliphatic carbocycles. The van der Waals surface area contributed by atoms with Crippen molar-refractivity contribution >= 4 is 22.3 Å². The van der Waals surface area contributed by atoms with Crippen LogP contribution < -0.4 is 0 Å². The third kappa shape index (κ3) is 3.16. The van der Waals surface area contributed by atoms with E-state index in [1.807, 2.05) is 6.92 Å². The summed E-state index contributed by atoms with van der Waals surface area (Å²) in [7, 11) is 0. The van der Waals surface area contributed by atoms with Gasteiger partial charge in [-0.15, -0.1) is 0 Å². The minimum Gasteiger partial charge on any atom is -0.455 e. The smallest absolute Gasteiger partial charge is 0.348 e. The molecule has 2 aromatic rings. The fourth-order valence-electron chi connectivity index (χ4n) is 1.40. The molecule has 2 rings (SSSR count). The molecule has 0 radical (unpaired) electrons. The standard InChI is InChI=1S/C11H11N3O4S/c1-2-13-6-5-8(12-13)7-18-11(15)9-3-4-10(19-9)14(16)17/h3-6H,2,7H2,1H3. The van der Waals surface area contributed by atoms with Crippen LogP contribution in [0.15, 0.2) is 24.4 Å². The highest BCUT2D eigenvalue weighted by Gasteiger charge is 2.16. The summed E-state index contributed by atoms with van der Waals surface area (Å²) in [5.74, 6) is -0.579. The Morgan fingerprint density at radius 2 is 2.32 bits per heavy atom. The van der Waals surface area contributed by atoms with Crippen LogP contribution >= 0.6 is 11.3 Å². The normalized spacial score (nSPS) is 10.4. The van der Waals surface area contributed by atoms with Gasteiger partial charge in [0.25, 0.3) is 0 Å². The van der Waals surface area contributed by atoms with Gasteiger partial charge in [-0.25, -0.2) is 4.79 Å². The van der Waals surface area contributed by atoms with Crippen molar-refractivity contribution in [1.82, 2.24) is 9.78 Å². The summed E-state index contributed by atoms with van der Waals surface area (Å²) >= 11 is 0.795. The molecule has 0 aliphatic rings. The highest BCUT2D eigenvalue weighted by atomic mass is 32.1. The van der Waals surface area contributed by atoms with Crippen LogP contribution in [0.3, 0.4) is 0 Å². The predicted octanol–water partition coefficient (Wildman–Crippen LogP) is 2.23. The zero-order valence-corrected chi connectivity index (χ0v) is 10.9. The lowest BCUT2D eigenvalue weighted by Gasteiger charge is -2.00. The molecule has 0 spiro atoms. The van der Waals surface area contributed by atoms with Crippen LogP contribution in [-0.4, -0.2) is 20.7 Å². The van der Waals surface area contributed by atoms with Gasteiger partial charge in [0.05, 0.1) is 10.6 Å². The van der Waals surface area contributed by atoms with Gasteiger partial charge in [0.1, 0.15) is 11.5 Å². The van der Waals surface area contributed by atoms with Crippen molar-refractivity contribution in [2.45, 2.75) is 20.1 Å².